The van der Waals surface area contributed by atoms with E-state index in [0.29, 0.717) is 17.1 Å². The summed E-state index contributed by atoms with van der Waals surface area (Å²) in [7, 11) is 0. The van der Waals surface area contributed by atoms with Gasteiger partial charge in [0.2, 0.25) is 0 Å². The summed E-state index contributed by atoms with van der Waals surface area (Å²) in [4.78, 5) is 15.4. The number of aliphatic hydroxyl groups excluding tert-OH is 1. The Bertz CT molecular complexity index is 1020. The molecule has 3 aromatic carbocycles. The van der Waals surface area contributed by atoms with Crippen LogP contribution in [-0.2, 0) is 15.1 Å². The maximum Gasteiger partial charge on any atom is 0.255 e. The molecule has 0 spiro atoms. The van der Waals surface area contributed by atoms with Gasteiger partial charge in [0.15, 0.2) is 6.10 Å². The van der Waals surface area contributed by atoms with Crippen molar-refractivity contribution in [1.29, 1.82) is 0 Å². The SMILES string of the molecule is O=C1[C@H]([C@H](O)c2ccc(Cl)cc2)OC(c2ccccc2)(c2ccccc2)[C@@H]2CCCN12. The number of fused-ring (bicyclic) bond motifs is 1. The number of carbonyl (C=O) groups is 1. The maximum atomic E-state index is 13.5. The van der Waals surface area contributed by atoms with E-state index in [9.17, 15) is 9.90 Å². The number of hydrogen-bond acceptors (Lipinski definition) is 3. The van der Waals surface area contributed by atoms with Crippen molar-refractivity contribution in [3.8, 4) is 0 Å². The molecular weight excluding hydrogens is 410 g/mol. The number of morpholine rings is 1. The maximum absolute atomic E-state index is 13.5. The van der Waals surface area contributed by atoms with E-state index >= 15 is 0 Å². The third-order valence-electron chi connectivity index (χ3n) is 6.46. The van der Waals surface area contributed by atoms with Crippen LogP contribution in [0.5, 0.6) is 0 Å². The highest BCUT2D eigenvalue weighted by atomic mass is 35.5. The first kappa shape index (κ1) is 20.3. The highest BCUT2D eigenvalue weighted by Gasteiger charge is 2.57. The number of hydrogen-bond donors (Lipinski definition) is 1. The minimum Gasteiger partial charge on any atom is -0.385 e. The van der Waals surface area contributed by atoms with Crippen molar-refractivity contribution in [3.05, 3.63) is 107 Å². The number of ether oxygens (including phenoxy) is 1. The molecular formula is C26H24ClNO3. The molecule has 3 aromatic rings. The molecule has 158 valence electrons. The van der Waals surface area contributed by atoms with Crippen molar-refractivity contribution < 1.29 is 14.6 Å². The Morgan fingerprint density at radius 3 is 2.10 bits per heavy atom. The van der Waals surface area contributed by atoms with E-state index in [1.54, 1.807) is 24.3 Å². The minimum atomic E-state index is -1.10. The van der Waals surface area contributed by atoms with Gasteiger partial charge in [0.1, 0.15) is 11.7 Å². The molecule has 2 fully saturated rings. The zero-order valence-electron chi connectivity index (χ0n) is 17.0. The summed E-state index contributed by atoms with van der Waals surface area (Å²) in [6.07, 6.45) is -0.362. The summed E-state index contributed by atoms with van der Waals surface area (Å²) < 4.78 is 6.74. The number of aliphatic hydroxyl groups is 1. The van der Waals surface area contributed by atoms with Crippen LogP contribution < -0.4 is 0 Å². The van der Waals surface area contributed by atoms with Gasteiger partial charge in [0.05, 0.1) is 6.04 Å². The Labute approximate surface area is 187 Å². The van der Waals surface area contributed by atoms with E-state index in [4.69, 9.17) is 16.3 Å². The third kappa shape index (κ3) is 3.35. The van der Waals surface area contributed by atoms with Gasteiger partial charge in [-0.15, -0.1) is 0 Å². The lowest BCUT2D eigenvalue weighted by Gasteiger charge is -2.51. The average molecular weight is 434 g/mol. The van der Waals surface area contributed by atoms with Gasteiger partial charge in [-0.05, 0) is 41.7 Å². The van der Waals surface area contributed by atoms with Gasteiger partial charge >= 0.3 is 0 Å². The van der Waals surface area contributed by atoms with Crippen LogP contribution in [-0.4, -0.2) is 34.6 Å². The van der Waals surface area contributed by atoms with Crippen molar-refractivity contribution in [1.82, 2.24) is 4.90 Å². The lowest BCUT2D eigenvalue weighted by atomic mass is 9.77. The molecule has 3 atom stereocenters. The normalized spacial score (nSPS) is 23.4. The molecule has 0 saturated carbocycles. The standard InChI is InChI=1S/C26H24ClNO3/c27-21-15-13-18(14-16-21)23(29)24-25(30)28-17-7-12-22(28)26(31-24,19-8-3-1-4-9-19)20-10-5-2-6-11-20/h1-6,8-11,13-16,22-24,29H,7,12,17H2/t22-,23+,24-/m0/s1. The summed E-state index contributed by atoms with van der Waals surface area (Å²) in [5, 5.41) is 11.8. The topological polar surface area (TPSA) is 49.8 Å². The third-order valence-corrected chi connectivity index (χ3v) is 6.72. The van der Waals surface area contributed by atoms with E-state index in [-0.39, 0.29) is 11.9 Å². The van der Waals surface area contributed by atoms with Gasteiger partial charge in [0.25, 0.3) is 5.91 Å². The van der Waals surface area contributed by atoms with Gasteiger partial charge in [-0.2, -0.15) is 0 Å². The number of halogens is 1. The molecule has 0 aromatic heterocycles. The number of amides is 1. The number of carbonyl (C=O) groups excluding carboxylic acids is 1. The number of nitrogens with zero attached hydrogens (tertiary/aromatic N) is 1. The second-order valence-corrected chi connectivity index (χ2v) is 8.63. The lowest BCUT2D eigenvalue weighted by Crippen LogP contribution is -2.62. The smallest absolute Gasteiger partial charge is 0.255 e. The predicted octanol–water partition coefficient (Wildman–Crippen LogP) is 4.71. The zero-order chi connectivity index (χ0) is 21.4. The van der Waals surface area contributed by atoms with E-state index < -0.39 is 17.8 Å². The van der Waals surface area contributed by atoms with Crippen LogP contribution in [0.4, 0.5) is 0 Å². The molecule has 2 aliphatic heterocycles. The molecule has 0 bridgehead atoms. The summed E-state index contributed by atoms with van der Waals surface area (Å²) in [5.41, 5.74) is 1.72. The molecule has 0 unspecified atom stereocenters. The van der Waals surface area contributed by atoms with Crippen molar-refractivity contribution >= 4 is 17.5 Å². The van der Waals surface area contributed by atoms with Gasteiger partial charge in [-0.25, -0.2) is 0 Å². The molecule has 2 aliphatic rings. The monoisotopic (exact) mass is 433 g/mol. The molecule has 4 nitrogen and oxygen atoms in total. The first-order chi connectivity index (χ1) is 15.1. The molecule has 0 aliphatic carbocycles. The highest BCUT2D eigenvalue weighted by molar-refractivity contribution is 6.30. The molecule has 0 radical (unpaired) electrons. The van der Waals surface area contributed by atoms with Crippen molar-refractivity contribution in [2.24, 2.45) is 0 Å². The summed E-state index contributed by atoms with van der Waals surface area (Å²) in [6, 6.07) is 26.9. The Kier molecular flexibility index (Phi) is 5.30. The van der Waals surface area contributed by atoms with Crippen molar-refractivity contribution in [2.45, 2.75) is 36.7 Å². The van der Waals surface area contributed by atoms with E-state index in [0.717, 1.165) is 24.0 Å². The second-order valence-electron chi connectivity index (χ2n) is 8.19. The van der Waals surface area contributed by atoms with Crippen LogP contribution in [0, 0.1) is 0 Å². The molecule has 5 heteroatoms. The van der Waals surface area contributed by atoms with Crippen molar-refractivity contribution in [2.75, 3.05) is 6.54 Å². The molecule has 2 heterocycles. The lowest BCUT2D eigenvalue weighted by molar-refractivity contribution is -0.204. The Balaban J connectivity index is 1.66. The molecule has 31 heavy (non-hydrogen) atoms. The Morgan fingerprint density at radius 1 is 0.935 bits per heavy atom. The van der Waals surface area contributed by atoms with Crippen LogP contribution in [0.15, 0.2) is 84.9 Å². The van der Waals surface area contributed by atoms with Gasteiger partial charge < -0.3 is 14.7 Å². The van der Waals surface area contributed by atoms with Crippen LogP contribution in [0.25, 0.3) is 0 Å². The fourth-order valence-corrected chi connectivity index (χ4v) is 5.17. The van der Waals surface area contributed by atoms with E-state index in [2.05, 4.69) is 0 Å². The first-order valence-electron chi connectivity index (χ1n) is 10.6. The molecule has 2 saturated heterocycles. The van der Waals surface area contributed by atoms with Gasteiger partial charge in [0, 0.05) is 11.6 Å². The quantitative estimate of drug-likeness (QED) is 0.648. The Morgan fingerprint density at radius 2 is 1.52 bits per heavy atom. The second kappa shape index (κ2) is 8.12. The summed E-state index contributed by atoms with van der Waals surface area (Å²) >= 11 is 6.02. The van der Waals surface area contributed by atoms with E-state index in [1.165, 1.54) is 0 Å². The zero-order valence-corrected chi connectivity index (χ0v) is 17.8. The summed E-state index contributed by atoms with van der Waals surface area (Å²) in [5.74, 6) is -0.160. The fraction of sp³-hybridized carbons (Fsp3) is 0.269. The average Bonchev–Trinajstić information content (AvgIpc) is 3.32. The van der Waals surface area contributed by atoms with Crippen LogP contribution >= 0.6 is 11.6 Å². The highest BCUT2D eigenvalue weighted by Crippen LogP contribution is 2.49. The van der Waals surface area contributed by atoms with Gasteiger partial charge in [-0.1, -0.05) is 84.4 Å². The van der Waals surface area contributed by atoms with Gasteiger partial charge in [-0.3, -0.25) is 4.79 Å². The largest absolute Gasteiger partial charge is 0.385 e. The molecule has 1 N–H and O–H groups in total. The summed E-state index contributed by atoms with van der Waals surface area (Å²) in [6.45, 7) is 0.665. The predicted molar refractivity (Wildman–Crippen MR) is 120 cm³/mol. The Hall–Kier alpha value is -2.66. The molecule has 5 rings (SSSR count). The minimum absolute atomic E-state index is 0.126. The van der Waals surface area contributed by atoms with Crippen LogP contribution in [0.1, 0.15) is 35.6 Å². The first-order valence-corrected chi connectivity index (χ1v) is 11.0. The van der Waals surface area contributed by atoms with Crippen LogP contribution in [0.2, 0.25) is 5.02 Å². The van der Waals surface area contributed by atoms with Crippen molar-refractivity contribution in [3.63, 3.8) is 0 Å². The van der Waals surface area contributed by atoms with E-state index in [1.807, 2.05) is 65.6 Å². The molecule has 1 amide bonds. The number of benzene rings is 3. The number of rotatable bonds is 4. The van der Waals surface area contributed by atoms with Crippen LogP contribution in [0.3, 0.4) is 0 Å². The fourth-order valence-electron chi connectivity index (χ4n) is 5.04.